The Balaban J connectivity index is 1.83. The molecule has 1 aromatic carbocycles. The zero-order valence-corrected chi connectivity index (χ0v) is 13.0. The lowest BCUT2D eigenvalue weighted by Gasteiger charge is -2.10. The fraction of sp³-hybridized carbons (Fsp3) is 0.357. The maximum absolute atomic E-state index is 4.34. The predicted molar refractivity (Wildman–Crippen MR) is 81.1 cm³/mol. The van der Waals surface area contributed by atoms with Crippen LogP contribution in [0.4, 0.5) is 0 Å². The van der Waals surface area contributed by atoms with Crippen molar-refractivity contribution in [2.24, 2.45) is 0 Å². The molecule has 2 nitrogen and oxygen atoms in total. The fourth-order valence-electron chi connectivity index (χ4n) is 1.81. The lowest BCUT2D eigenvalue weighted by Crippen LogP contribution is -2.19. The van der Waals surface area contributed by atoms with Gasteiger partial charge in [-0.25, -0.2) is 4.98 Å². The molecule has 1 unspecified atom stereocenters. The Bertz CT molecular complexity index is 497. The summed E-state index contributed by atoms with van der Waals surface area (Å²) < 4.78 is 1.17. The minimum atomic E-state index is 0.474. The minimum Gasteiger partial charge on any atom is -0.312 e. The van der Waals surface area contributed by atoms with Crippen LogP contribution in [0.2, 0.25) is 0 Å². The van der Waals surface area contributed by atoms with Crippen LogP contribution in [0.25, 0.3) is 0 Å². The van der Waals surface area contributed by atoms with E-state index >= 15 is 0 Å². The van der Waals surface area contributed by atoms with Crippen molar-refractivity contribution in [2.45, 2.75) is 26.3 Å². The second-order valence-electron chi connectivity index (χ2n) is 4.49. The highest BCUT2D eigenvalue weighted by Crippen LogP contribution is 2.18. The van der Waals surface area contributed by atoms with Crippen molar-refractivity contribution in [3.63, 3.8) is 0 Å². The molecule has 1 N–H and O–H groups in total. The molecular formula is C14H17BrN2S. The number of nitrogens with zero attached hydrogens (tertiary/aromatic N) is 1. The molecule has 0 fully saturated rings. The van der Waals surface area contributed by atoms with Crippen LogP contribution in [0.5, 0.6) is 0 Å². The quantitative estimate of drug-likeness (QED) is 0.895. The average Bonchev–Trinajstić information content (AvgIpc) is 2.87. The third kappa shape index (κ3) is 3.64. The summed E-state index contributed by atoms with van der Waals surface area (Å²) in [7, 11) is 0. The maximum Gasteiger partial charge on any atom is 0.0965 e. The van der Waals surface area contributed by atoms with Gasteiger partial charge in [0.25, 0.3) is 0 Å². The van der Waals surface area contributed by atoms with Gasteiger partial charge in [-0.05, 0) is 24.1 Å². The van der Waals surface area contributed by atoms with E-state index in [-0.39, 0.29) is 0 Å². The van der Waals surface area contributed by atoms with Crippen LogP contribution >= 0.6 is 27.3 Å². The standard InChI is InChI=1S/C14H17BrN2S/c1-10-7-12(3-4-13(10)15)9-16-8-11(2)14-17-5-6-18-14/h3-7,11,16H,8-9H2,1-2H3. The molecule has 0 aliphatic rings. The molecule has 1 aromatic heterocycles. The summed E-state index contributed by atoms with van der Waals surface area (Å²) in [5.41, 5.74) is 2.60. The third-order valence-corrected chi connectivity index (χ3v) is 4.77. The number of aryl methyl sites for hydroxylation is 1. The highest BCUT2D eigenvalue weighted by Gasteiger charge is 2.07. The summed E-state index contributed by atoms with van der Waals surface area (Å²) in [5.74, 6) is 0.474. The normalized spacial score (nSPS) is 12.6. The van der Waals surface area contributed by atoms with E-state index < -0.39 is 0 Å². The summed E-state index contributed by atoms with van der Waals surface area (Å²) >= 11 is 5.24. The summed E-state index contributed by atoms with van der Waals surface area (Å²) in [4.78, 5) is 4.34. The lowest BCUT2D eigenvalue weighted by atomic mass is 10.1. The Morgan fingerprint density at radius 2 is 2.28 bits per heavy atom. The highest BCUT2D eigenvalue weighted by atomic mass is 79.9. The highest BCUT2D eigenvalue weighted by molar-refractivity contribution is 9.10. The molecule has 18 heavy (non-hydrogen) atoms. The number of hydrogen-bond donors (Lipinski definition) is 1. The molecule has 0 amide bonds. The van der Waals surface area contributed by atoms with Gasteiger partial charge in [0.15, 0.2) is 0 Å². The number of rotatable bonds is 5. The Morgan fingerprint density at radius 3 is 2.94 bits per heavy atom. The zero-order chi connectivity index (χ0) is 13.0. The first kappa shape index (κ1) is 13.7. The van der Waals surface area contributed by atoms with Crippen molar-refractivity contribution in [1.82, 2.24) is 10.3 Å². The molecule has 0 saturated carbocycles. The van der Waals surface area contributed by atoms with Crippen molar-refractivity contribution < 1.29 is 0 Å². The van der Waals surface area contributed by atoms with E-state index in [1.165, 1.54) is 20.6 Å². The van der Waals surface area contributed by atoms with Crippen molar-refractivity contribution >= 4 is 27.3 Å². The summed E-state index contributed by atoms with van der Waals surface area (Å²) in [5, 5.41) is 6.72. The van der Waals surface area contributed by atoms with Crippen LogP contribution in [0.1, 0.15) is 29.0 Å². The van der Waals surface area contributed by atoms with Gasteiger partial charge in [0.2, 0.25) is 0 Å². The molecule has 1 heterocycles. The van der Waals surface area contributed by atoms with Gasteiger partial charge >= 0.3 is 0 Å². The van der Waals surface area contributed by atoms with Crippen LogP contribution in [-0.2, 0) is 6.54 Å². The first-order chi connectivity index (χ1) is 8.66. The minimum absolute atomic E-state index is 0.474. The predicted octanol–water partition coefficient (Wildman–Crippen LogP) is 4.11. The third-order valence-electron chi connectivity index (χ3n) is 2.87. The molecule has 4 heteroatoms. The average molecular weight is 325 g/mol. The van der Waals surface area contributed by atoms with Crippen molar-refractivity contribution in [3.8, 4) is 0 Å². The van der Waals surface area contributed by atoms with E-state index in [2.05, 4.69) is 58.3 Å². The van der Waals surface area contributed by atoms with E-state index in [9.17, 15) is 0 Å². The van der Waals surface area contributed by atoms with Crippen LogP contribution in [0.3, 0.4) is 0 Å². The second kappa shape index (κ2) is 6.45. The van der Waals surface area contributed by atoms with E-state index in [0.717, 1.165) is 13.1 Å². The Hall–Kier alpha value is -0.710. The molecule has 0 radical (unpaired) electrons. The molecule has 0 saturated heterocycles. The molecule has 2 rings (SSSR count). The number of aromatic nitrogens is 1. The van der Waals surface area contributed by atoms with Gasteiger partial charge in [-0.3, -0.25) is 0 Å². The fourth-order valence-corrected chi connectivity index (χ4v) is 2.76. The van der Waals surface area contributed by atoms with Crippen LogP contribution < -0.4 is 5.32 Å². The van der Waals surface area contributed by atoms with Gasteiger partial charge in [-0.15, -0.1) is 11.3 Å². The van der Waals surface area contributed by atoms with Gasteiger partial charge in [-0.1, -0.05) is 35.0 Å². The number of benzene rings is 1. The summed E-state index contributed by atoms with van der Waals surface area (Å²) in [6.45, 7) is 6.19. The number of thiazole rings is 1. The second-order valence-corrected chi connectivity index (χ2v) is 6.27. The maximum atomic E-state index is 4.34. The van der Waals surface area contributed by atoms with E-state index in [1.54, 1.807) is 11.3 Å². The molecule has 1 atom stereocenters. The number of nitrogens with one attached hydrogen (secondary N) is 1. The Kier molecular flexibility index (Phi) is 4.92. The molecule has 0 bridgehead atoms. The molecule has 96 valence electrons. The smallest absolute Gasteiger partial charge is 0.0965 e. The van der Waals surface area contributed by atoms with Crippen molar-refractivity contribution in [1.29, 1.82) is 0 Å². The monoisotopic (exact) mass is 324 g/mol. The van der Waals surface area contributed by atoms with E-state index in [0.29, 0.717) is 5.92 Å². The molecule has 0 spiro atoms. The molecular weight excluding hydrogens is 308 g/mol. The molecule has 2 aromatic rings. The van der Waals surface area contributed by atoms with Crippen LogP contribution in [0, 0.1) is 6.92 Å². The van der Waals surface area contributed by atoms with Crippen LogP contribution in [0.15, 0.2) is 34.2 Å². The largest absolute Gasteiger partial charge is 0.312 e. The zero-order valence-electron chi connectivity index (χ0n) is 10.6. The topological polar surface area (TPSA) is 24.9 Å². The van der Waals surface area contributed by atoms with E-state index in [1.807, 2.05) is 11.6 Å². The van der Waals surface area contributed by atoms with Crippen molar-refractivity contribution in [2.75, 3.05) is 6.54 Å². The van der Waals surface area contributed by atoms with Crippen LogP contribution in [-0.4, -0.2) is 11.5 Å². The summed E-state index contributed by atoms with van der Waals surface area (Å²) in [6.07, 6.45) is 1.87. The number of hydrogen-bond acceptors (Lipinski definition) is 3. The van der Waals surface area contributed by atoms with Gasteiger partial charge in [0.1, 0.15) is 0 Å². The first-order valence-corrected chi connectivity index (χ1v) is 7.69. The van der Waals surface area contributed by atoms with E-state index in [4.69, 9.17) is 0 Å². The Labute approximate surface area is 121 Å². The molecule has 0 aliphatic carbocycles. The van der Waals surface area contributed by atoms with Gasteiger partial charge in [0, 0.05) is 35.1 Å². The van der Waals surface area contributed by atoms with Gasteiger partial charge in [0.05, 0.1) is 5.01 Å². The first-order valence-electron chi connectivity index (χ1n) is 6.02. The summed E-state index contributed by atoms with van der Waals surface area (Å²) in [6, 6.07) is 6.47. The van der Waals surface area contributed by atoms with Gasteiger partial charge < -0.3 is 5.32 Å². The number of halogens is 1. The molecule has 0 aliphatic heterocycles. The van der Waals surface area contributed by atoms with Gasteiger partial charge in [-0.2, -0.15) is 0 Å². The SMILES string of the molecule is Cc1cc(CNCC(C)c2nccs2)ccc1Br. The lowest BCUT2D eigenvalue weighted by molar-refractivity contribution is 0.612. The Morgan fingerprint density at radius 1 is 1.44 bits per heavy atom. The van der Waals surface area contributed by atoms with Crippen molar-refractivity contribution in [3.05, 3.63) is 50.4 Å².